The first-order valence-corrected chi connectivity index (χ1v) is 9.40. The Morgan fingerprint density at radius 3 is 2.64 bits per heavy atom. The Labute approximate surface area is 133 Å². The molecule has 114 valence electrons. The lowest BCUT2D eigenvalue weighted by atomic mass is 10.2. The Morgan fingerprint density at radius 2 is 1.95 bits per heavy atom. The van der Waals surface area contributed by atoms with Gasteiger partial charge in [-0.3, -0.25) is 0 Å². The Bertz CT molecular complexity index is 837. The molecule has 0 spiro atoms. The molecule has 2 heterocycles. The van der Waals surface area contributed by atoms with Crippen molar-refractivity contribution in [3.05, 3.63) is 65.4 Å². The maximum atomic E-state index is 12.5. The van der Waals surface area contributed by atoms with E-state index >= 15 is 0 Å². The molecule has 4 nitrogen and oxygen atoms in total. The van der Waals surface area contributed by atoms with Gasteiger partial charge in [-0.25, -0.2) is 13.4 Å². The molecule has 0 radical (unpaired) electrons. The van der Waals surface area contributed by atoms with Crippen molar-refractivity contribution in [3.8, 4) is 10.8 Å². The summed E-state index contributed by atoms with van der Waals surface area (Å²) in [7, 11) is -3.31. The zero-order chi connectivity index (χ0) is 15.6. The summed E-state index contributed by atoms with van der Waals surface area (Å²) in [6.07, 6.45) is 1.57. The van der Waals surface area contributed by atoms with Crippen LogP contribution in [0.25, 0.3) is 10.8 Å². The molecule has 1 atom stereocenters. The van der Waals surface area contributed by atoms with Gasteiger partial charge in [-0.15, -0.1) is 11.3 Å². The van der Waals surface area contributed by atoms with Crippen LogP contribution in [0.2, 0.25) is 0 Å². The van der Waals surface area contributed by atoms with Crippen molar-refractivity contribution < 1.29 is 12.8 Å². The van der Waals surface area contributed by atoms with E-state index in [0.29, 0.717) is 16.5 Å². The molecule has 3 aromatic rings. The predicted molar refractivity (Wildman–Crippen MR) is 87.3 cm³/mol. The maximum Gasteiger partial charge on any atom is 0.162 e. The van der Waals surface area contributed by atoms with E-state index in [2.05, 4.69) is 4.98 Å². The summed E-state index contributed by atoms with van der Waals surface area (Å²) >= 11 is 1.39. The molecule has 0 aliphatic carbocycles. The van der Waals surface area contributed by atoms with E-state index in [-0.39, 0.29) is 5.75 Å². The number of aromatic nitrogens is 1. The standard InChI is InChI=1S/C16H15NO3S2/c1-12(13-6-3-2-4-7-13)22(18,19)11-14-10-21-16(17-14)15-8-5-9-20-15/h2-10,12H,11H2,1H3. The second-order valence-corrected chi connectivity index (χ2v) is 8.16. The summed E-state index contributed by atoms with van der Waals surface area (Å²) in [6, 6.07) is 12.8. The fourth-order valence-electron chi connectivity index (χ4n) is 2.15. The zero-order valence-corrected chi connectivity index (χ0v) is 13.6. The first-order chi connectivity index (χ1) is 10.6. The van der Waals surface area contributed by atoms with Gasteiger partial charge in [0.1, 0.15) is 0 Å². The lowest BCUT2D eigenvalue weighted by Gasteiger charge is -2.12. The summed E-state index contributed by atoms with van der Waals surface area (Å²) in [6.45, 7) is 1.71. The van der Waals surface area contributed by atoms with Gasteiger partial charge in [-0.1, -0.05) is 30.3 Å². The van der Waals surface area contributed by atoms with Gasteiger partial charge in [0.05, 0.1) is 23.0 Å². The van der Waals surface area contributed by atoms with Crippen LogP contribution in [-0.2, 0) is 15.6 Å². The third-order valence-corrected chi connectivity index (χ3v) is 6.39. The largest absolute Gasteiger partial charge is 0.462 e. The number of hydrogen-bond donors (Lipinski definition) is 0. The fraction of sp³-hybridized carbons (Fsp3) is 0.188. The number of rotatable bonds is 5. The summed E-state index contributed by atoms with van der Waals surface area (Å²) in [4.78, 5) is 4.36. The molecular weight excluding hydrogens is 318 g/mol. The molecular formula is C16H15NO3S2. The minimum absolute atomic E-state index is 0.0692. The minimum Gasteiger partial charge on any atom is -0.462 e. The average molecular weight is 333 g/mol. The van der Waals surface area contributed by atoms with Crippen LogP contribution in [0.15, 0.2) is 58.5 Å². The molecule has 0 bridgehead atoms. The van der Waals surface area contributed by atoms with E-state index in [1.807, 2.05) is 36.4 Å². The van der Waals surface area contributed by atoms with E-state index in [0.717, 1.165) is 5.56 Å². The van der Waals surface area contributed by atoms with Crippen LogP contribution in [0.1, 0.15) is 23.4 Å². The highest BCUT2D eigenvalue weighted by atomic mass is 32.2. The Kier molecular flexibility index (Phi) is 4.13. The van der Waals surface area contributed by atoms with Crippen molar-refractivity contribution in [1.82, 2.24) is 4.98 Å². The molecule has 1 aromatic carbocycles. The van der Waals surface area contributed by atoms with Gasteiger partial charge < -0.3 is 4.42 Å². The molecule has 0 aliphatic rings. The van der Waals surface area contributed by atoms with E-state index < -0.39 is 15.1 Å². The molecule has 0 fully saturated rings. The molecule has 1 unspecified atom stereocenters. The summed E-state index contributed by atoms with van der Waals surface area (Å²) in [5, 5.41) is 1.91. The minimum atomic E-state index is -3.31. The number of nitrogens with zero attached hydrogens (tertiary/aromatic N) is 1. The molecule has 0 aliphatic heterocycles. The summed E-state index contributed by atoms with van der Waals surface area (Å²) < 4.78 is 30.4. The molecule has 2 aromatic heterocycles. The molecule has 3 rings (SSSR count). The third-order valence-electron chi connectivity index (χ3n) is 3.44. The smallest absolute Gasteiger partial charge is 0.162 e. The highest BCUT2D eigenvalue weighted by molar-refractivity contribution is 7.90. The monoisotopic (exact) mass is 333 g/mol. The maximum absolute atomic E-state index is 12.5. The van der Waals surface area contributed by atoms with Crippen LogP contribution < -0.4 is 0 Å². The van der Waals surface area contributed by atoms with Crippen molar-refractivity contribution in [3.63, 3.8) is 0 Å². The summed E-state index contributed by atoms with van der Waals surface area (Å²) in [5.74, 6) is 0.588. The number of sulfone groups is 1. The van der Waals surface area contributed by atoms with Crippen molar-refractivity contribution in [2.24, 2.45) is 0 Å². The molecule has 0 saturated carbocycles. The van der Waals surface area contributed by atoms with Gasteiger partial charge in [0.25, 0.3) is 0 Å². The lowest BCUT2D eigenvalue weighted by Crippen LogP contribution is -2.13. The van der Waals surface area contributed by atoms with Crippen LogP contribution in [0.5, 0.6) is 0 Å². The molecule has 0 saturated heterocycles. The molecule has 0 N–H and O–H groups in total. The van der Waals surface area contributed by atoms with Crippen molar-refractivity contribution in [2.75, 3.05) is 0 Å². The topological polar surface area (TPSA) is 60.2 Å². The van der Waals surface area contributed by atoms with Gasteiger partial charge >= 0.3 is 0 Å². The Hall–Kier alpha value is -1.92. The number of benzene rings is 1. The lowest BCUT2D eigenvalue weighted by molar-refractivity contribution is 0.580. The fourth-order valence-corrected chi connectivity index (χ4v) is 4.42. The highest BCUT2D eigenvalue weighted by Gasteiger charge is 2.24. The van der Waals surface area contributed by atoms with Gasteiger partial charge in [-0.2, -0.15) is 0 Å². The Balaban J connectivity index is 1.80. The second kappa shape index (κ2) is 6.06. The quantitative estimate of drug-likeness (QED) is 0.706. The van der Waals surface area contributed by atoms with Crippen LogP contribution in [0.3, 0.4) is 0 Å². The van der Waals surface area contributed by atoms with Gasteiger partial charge in [0.2, 0.25) is 0 Å². The van der Waals surface area contributed by atoms with Gasteiger partial charge in [0, 0.05) is 5.38 Å². The van der Waals surface area contributed by atoms with Crippen LogP contribution >= 0.6 is 11.3 Å². The van der Waals surface area contributed by atoms with E-state index in [9.17, 15) is 8.42 Å². The van der Waals surface area contributed by atoms with Crippen LogP contribution in [0.4, 0.5) is 0 Å². The number of hydrogen-bond acceptors (Lipinski definition) is 5. The third kappa shape index (κ3) is 3.13. The average Bonchev–Trinajstić information content (AvgIpc) is 3.18. The van der Waals surface area contributed by atoms with E-state index in [1.54, 1.807) is 24.6 Å². The van der Waals surface area contributed by atoms with Gasteiger partial charge in [-0.05, 0) is 24.6 Å². The molecule has 6 heteroatoms. The van der Waals surface area contributed by atoms with E-state index in [4.69, 9.17) is 4.42 Å². The Morgan fingerprint density at radius 1 is 1.18 bits per heavy atom. The van der Waals surface area contributed by atoms with Gasteiger partial charge in [0.15, 0.2) is 20.6 Å². The summed E-state index contributed by atoms with van der Waals surface area (Å²) in [5.41, 5.74) is 1.35. The van der Waals surface area contributed by atoms with Crippen molar-refractivity contribution in [2.45, 2.75) is 17.9 Å². The first-order valence-electron chi connectivity index (χ1n) is 6.81. The zero-order valence-electron chi connectivity index (χ0n) is 12.0. The normalized spacial score (nSPS) is 13.1. The SMILES string of the molecule is CC(c1ccccc1)S(=O)(=O)Cc1csc(-c2ccco2)n1. The predicted octanol–water partition coefficient (Wildman–Crippen LogP) is 4.08. The molecule has 22 heavy (non-hydrogen) atoms. The van der Waals surface area contributed by atoms with Crippen LogP contribution in [-0.4, -0.2) is 13.4 Å². The molecule has 0 amide bonds. The van der Waals surface area contributed by atoms with Crippen molar-refractivity contribution >= 4 is 21.2 Å². The van der Waals surface area contributed by atoms with Crippen LogP contribution in [0, 0.1) is 0 Å². The second-order valence-electron chi connectivity index (χ2n) is 4.98. The number of thiazole rings is 1. The highest BCUT2D eigenvalue weighted by Crippen LogP contribution is 2.28. The number of furan rings is 1. The van der Waals surface area contributed by atoms with E-state index in [1.165, 1.54) is 11.3 Å². The van der Waals surface area contributed by atoms with Crippen molar-refractivity contribution in [1.29, 1.82) is 0 Å². The first kappa shape index (κ1) is 15.0.